The predicted molar refractivity (Wildman–Crippen MR) is 62.2 cm³/mol. The average molecular weight is 207 g/mol. The Bertz CT molecular complexity index is 333. The third-order valence-corrected chi connectivity index (χ3v) is 2.49. The summed E-state index contributed by atoms with van der Waals surface area (Å²) >= 11 is 0. The fraction of sp³-hybridized carbons (Fsp3) is 0.385. The molecule has 0 aliphatic rings. The molecular weight excluding hydrogens is 189 g/mol. The van der Waals surface area contributed by atoms with Gasteiger partial charge in [-0.3, -0.25) is 0 Å². The van der Waals surface area contributed by atoms with E-state index in [0.717, 1.165) is 24.0 Å². The van der Waals surface area contributed by atoms with E-state index in [1.807, 2.05) is 26.1 Å². The molecular formula is C13H18FN. The lowest BCUT2D eigenvalue weighted by Crippen LogP contribution is -2.17. The van der Waals surface area contributed by atoms with E-state index in [4.69, 9.17) is 0 Å². The van der Waals surface area contributed by atoms with Gasteiger partial charge in [-0.25, -0.2) is 4.39 Å². The van der Waals surface area contributed by atoms with E-state index in [1.165, 1.54) is 6.07 Å². The van der Waals surface area contributed by atoms with Crippen LogP contribution in [0.5, 0.6) is 0 Å². The van der Waals surface area contributed by atoms with Gasteiger partial charge in [0, 0.05) is 11.6 Å². The number of hydrogen-bond acceptors (Lipinski definition) is 1. The number of hydrogen-bond donors (Lipinski definition) is 1. The van der Waals surface area contributed by atoms with Crippen LogP contribution in [0.3, 0.4) is 0 Å². The molecule has 1 atom stereocenters. The van der Waals surface area contributed by atoms with Gasteiger partial charge in [0.15, 0.2) is 0 Å². The van der Waals surface area contributed by atoms with Crippen LogP contribution in [0.4, 0.5) is 4.39 Å². The smallest absolute Gasteiger partial charge is 0.127 e. The summed E-state index contributed by atoms with van der Waals surface area (Å²) in [4.78, 5) is 0. The molecule has 1 unspecified atom stereocenters. The molecule has 15 heavy (non-hydrogen) atoms. The zero-order chi connectivity index (χ0) is 11.3. The Morgan fingerprint density at radius 3 is 2.67 bits per heavy atom. The monoisotopic (exact) mass is 207 g/mol. The highest BCUT2D eigenvalue weighted by Crippen LogP contribution is 2.22. The SMILES string of the molecule is C=C(C)CCC(NC)c1ccccc1F. The summed E-state index contributed by atoms with van der Waals surface area (Å²) < 4.78 is 13.5. The Hall–Kier alpha value is -1.15. The van der Waals surface area contributed by atoms with Gasteiger partial charge in [-0.15, -0.1) is 6.58 Å². The van der Waals surface area contributed by atoms with Crippen molar-refractivity contribution in [3.05, 3.63) is 47.8 Å². The molecule has 82 valence electrons. The van der Waals surface area contributed by atoms with Gasteiger partial charge in [-0.05, 0) is 32.9 Å². The number of halogens is 1. The zero-order valence-corrected chi connectivity index (χ0v) is 9.39. The first-order valence-corrected chi connectivity index (χ1v) is 5.21. The maximum atomic E-state index is 13.5. The van der Waals surface area contributed by atoms with Crippen LogP contribution in [0.2, 0.25) is 0 Å². The highest BCUT2D eigenvalue weighted by atomic mass is 19.1. The third-order valence-electron chi connectivity index (χ3n) is 2.49. The first-order valence-electron chi connectivity index (χ1n) is 5.21. The van der Waals surface area contributed by atoms with Gasteiger partial charge in [0.25, 0.3) is 0 Å². The van der Waals surface area contributed by atoms with Crippen molar-refractivity contribution in [2.75, 3.05) is 7.05 Å². The Kier molecular flexibility index (Phi) is 4.50. The predicted octanol–water partition coefficient (Wildman–Crippen LogP) is 3.44. The molecule has 1 rings (SSSR count). The summed E-state index contributed by atoms with van der Waals surface area (Å²) in [7, 11) is 1.86. The molecule has 0 amide bonds. The van der Waals surface area contributed by atoms with Gasteiger partial charge in [0.05, 0.1) is 0 Å². The highest BCUT2D eigenvalue weighted by Gasteiger charge is 2.12. The van der Waals surface area contributed by atoms with Crippen molar-refractivity contribution in [2.45, 2.75) is 25.8 Å². The van der Waals surface area contributed by atoms with Crippen molar-refractivity contribution >= 4 is 0 Å². The molecule has 1 aromatic rings. The average Bonchev–Trinajstić information content (AvgIpc) is 2.21. The minimum atomic E-state index is -0.140. The summed E-state index contributed by atoms with van der Waals surface area (Å²) in [6.45, 7) is 5.85. The van der Waals surface area contributed by atoms with E-state index in [1.54, 1.807) is 6.07 Å². The standard InChI is InChI=1S/C13H18FN/c1-10(2)8-9-13(15-3)11-6-4-5-7-12(11)14/h4-7,13,15H,1,8-9H2,2-3H3. The third kappa shape index (κ3) is 3.48. The van der Waals surface area contributed by atoms with Gasteiger partial charge in [-0.1, -0.05) is 23.8 Å². The topological polar surface area (TPSA) is 12.0 Å². The molecule has 1 aromatic carbocycles. The first kappa shape index (κ1) is 11.9. The van der Waals surface area contributed by atoms with Crippen LogP contribution in [0, 0.1) is 5.82 Å². The molecule has 0 spiro atoms. The van der Waals surface area contributed by atoms with Crippen molar-refractivity contribution in [2.24, 2.45) is 0 Å². The van der Waals surface area contributed by atoms with E-state index in [-0.39, 0.29) is 11.9 Å². The molecule has 0 saturated carbocycles. The van der Waals surface area contributed by atoms with Crippen molar-refractivity contribution in [1.29, 1.82) is 0 Å². The van der Waals surface area contributed by atoms with Crippen molar-refractivity contribution < 1.29 is 4.39 Å². The highest BCUT2D eigenvalue weighted by molar-refractivity contribution is 5.21. The summed E-state index contributed by atoms with van der Waals surface area (Å²) in [5, 5.41) is 3.13. The molecule has 0 aliphatic heterocycles. The van der Waals surface area contributed by atoms with Gasteiger partial charge < -0.3 is 5.32 Å². The first-order chi connectivity index (χ1) is 7.15. The van der Waals surface area contributed by atoms with Crippen LogP contribution >= 0.6 is 0 Å². The van der Waals surface area contributed by atoms with Crippen molar-refractivity contribution in [1.82, 2.24) is 5.32 Å². The van der Waals surface area contributed by atoms with Gasteiger partial charge in [0.1, 0.15) is 5.82 Å². The van der Waals surface area contributed by atoms with E-state index >= 15 is 0 Å². The zero-order valence-electron chi connectivity index (χ0n) is 9.39. The van der Waals surface area contributed by atoms with E-state index in [2.05, 4.69) is 11.9 Å². The second-order valence-electron chi connectivity index (χ2n) is 3.86. The molecule has 0 radical (unpaired) electrons. The normalized spacial score (nSPS) is 12.5. The van der Waals surface area contributed by atoms with Crippen LogP contribution < -0.4 is 5.32 Å². The minimum absolute atomic E-state index is 0.0721. The van der Waals surface area contributed by atoms with Crippen LogP contribution in [0.1, 0.15) is 31.4 Å². The van der Waals surface area contributed by atoms with Gasteiger partial charge >= 0.3 is 0 Å². The lowest BCUT2D eigenvalue weighted by molar-refractivity contribution is 0.508. The van der Waals surface area contributed by atoms with E-state index < -0.39 is 0 Å². The number of rotatable bonds is 5. The molecule has 0 aromatic heterocycles. The minimum Gasteiger partial charge on any atom is -0.313 e. The Balaban J connectivity index is 2.74. The van der Waals surface area contributed by atoms with Crippen LogP contribution in [0.15, 0.2) is 36.4 Å². The van der Waals surface area contributed by atoms with Crippen LogP contribution in [-0.4, -0.2) is 7.05 Å². The lowest BCUT2D eigenvalue weighted by atomic mass is 10.00. The van der Waals surface area contributed by atoms with E-state index in [0.29, 0.717) is 0 Å². The number of allylic oxidation sites excluding steroid dienone is 1. The molecule has 0 heterocycles. The summed E-state index contributed by atoms with van der Waals surface area (Å²) in [6, 6.07) is 6.98. The Morgan fingerprint density at radius 1 is 1.47 bits per heavy atom. The maximum absolute atomic E-state index is 13.5. The summed E-state index contributed by atoms with van der Waals surface area (Å²) in [6.07, 6.45) is 1.80. The molecule has 0 bridgehead atoms. The van der Waals surface area contributed by atoms with Crippen molar-refractivity contribution in [3.8, 4) is 0 Å². The van der Waals surface area contributed by atoms with Crippen molar-refractivity contribution in [3.63, 3.8) is 0 Å². The Morgan fingerprint density at radius 2 is 2.13 bits per heavy atom. The summed E-state index contributed by atoms with van der Waals surface area (Å²) in [5.74, 6) is -0.140. The number of benzene rings is 1. The lowest BCUT2D eigenvalue weighted by Gasteiger charge is -2.17. The largest absolute Gasteiger partial charge is 0.313 e. The quantitative estimate of drug-likeness (QED) is 0.729. The number of nitrogens with one attached hydrogen (secondary N) is 1. The molecule has 1 nitrogen and oxygen atoms in total. The summed E-state index contributed by atoms with van der Waals surface area (Å²) in [5.41, 5.74) is 1.87. The fourth-order valence-electron chi connectivity index (χ4n) is 1.60. The molecule has 0 saturated heterocycles. The maximum Gasteiger partial charge on any atom is 0.127 e. The fourth-order valence-corrected chi connectivity index (χ4v) is 1.60. The molecule has 2 heteroatoms. The van der Waals surface area contributed by atoms with Crippen LogP contribution in [0.25, 0.3) is 0 Å². The second kappa shape index (κ2) is 5.66. The van der Waals surface area contributed by atoms with Gasteiger partial charge in [0.2, 0.25) is 0 Å². The van der Waals surface area contributed by atoms with Crippen LogP contribution in [-0.2, 0) is 0 Å². The van der Waals surface area contributed by atoms with E-state index in [9.17, 15) is 4.39 Å². The van der Waals surface area contributed by atoms with Gasteiger partial charge in [-0.2, -0.15) is 0 Å². The molecule has 1 N–H and O–H groups in total. The second-order valence-corrected chi connectivity index (χ2v) is 3.86. The molecule has 0 fully saturated rings. The Labute approximate surface area is 91.0 Å². The molecule has 0 aliphatic carbocycles.